The van der Waals surface area contributed by atoms with Gasteiger partial charge < -0.3 is 9.97 Å². The van der Waals surface area contributed by atoms with Crippen LogP contribution in [0, 0.1) is 10.6 Å². The van der Waals surface area contributed by atoms with Gasteiger partial charge in [0.15, 0.2) is 10.4 Å². The van der Waals surface area contributed by atoms with Gasteiger partial charge in [0.25, 0.3) is 5.56 Å². The van der Waals surface area contributed by atoms with Crippen molar-refractivity contribution in [3.05, 3.63) is 57.2 Å². The first kappa shape index (κ1) is 13.0. The lowest BCUT2D eigenvalue weighted by Gasteiger charge is -2.07. The van der Waals surface area contributed by atoms with Crippen molar-refractivity contribution >= 4 is 34.3 Å². The number of rotatable bonds is 2. The fourth-order valence-corrected chi connectivity index (χ4v) is 2.88. The molecule has 3 aromatic heterocycles. The van der Waals surface area contributed by atoms with Gasteiger partial charge in [-0.3, -0.25) is 14.3 Å². The van der Waals surface area contributed by atoms with Gasteiger partial charge in [-0.15, -0.1) is 0 Å². The van der Waals surface area contributed by atoms with Crippen molar-refractivity contribution in [1.82, 2.24) is 24.5 Å². The first-order chi connectivity index (χ1) is 10.6. The summed E-state index contributed by atoms with van der Waals surface area (Å²) in [6, 6.07) is 4.86. The van der Waals surface area contributed by atoms with Crippen LogP contribution in [-0.4, -0.2) is 24.5 Å². The fourth-order valence-electron chi connectivity index (χ4n) is 2.63. The summed E-state index contributed by atoms with van der Waals surface area (Å²) in [5.41, 5.74) is 1.91. The number of hydrogen-bond donors (Lipinski definition) is 3. The molecule has 0 amide bonds. The quantitative estimate of drug-likeness (QED) is 0.497. The third-order valence-corrected chi connectivity index (χ3v) is 3.96. The highest BCUT2D eigenvalue weighted by Crippen LogP contribution is 2.23. The van der Waals surface area contributed by atoms with E-state index in [1.807, 2.05) is 0 Å². The topological polar surface area (TPSA) is 82.3 Å². The van der Waals surface area contributed by atoms with E-state index in [4.69, 9.17) is 12.2 Å². The second kappa shape index (κ2) is 4.63. The lowest BCUT2D eigenvalue weighted by molar-refractivity contribution is 0.638. The molecular formula is C14H10FN5OS. The molecule has 0 saturated heterocycles. The van der Waals surface area contributed by atoms with Crippen molar-refractivity contribution in [3.63, 3.8) is 0 Å². The number of fused-ring (bicyclic) bond motifs is 2. The Morgan fingerprint density at radius 1 is 1.32 bits per heavy atom. The molecule has 0 saturated carbocycles. The number of imidazole rings is 1. The van der Waals surface area contributed by atoms with Gasteiger partial charge in [-0.1, -0.05) is 6.07 Å². The number of hydrogen-bond acceptors (Lipinski definition) is 3. The van der Waals surface area contributed by atoms with Crippen LogP contribution in [0.4, 0.5) is 4.39 Å². The predicted octanol–water partition coefficient (Wildman–Crippen LogP) is 2.45. The summed E-state index contributed by atoms with van der Waals surface area (Å²) >= 11 is 5.21. The van der Waals surface area contributed by atoms with E-state index in [1.54, 1.807) is 22.9 Å². The normalized spacial score (nSPS) is 11.5. The molecule has 0 unspecified atom stereocenters. The SMILES string of the molecule is O=c1[nH]c(=S)n(Cc2c[nH]c3cccc(F)c23)c2nc[nH]c12. The average molecular weight is 315 g/mol. The Bertz CT molecular complexity index is 1120. The lowest BCUT2D eigenvalue weighted by Crippen LogP contribution is -2.15. The molecule has 0 bridgehead atoms. The van der Waals surface area contributed by atoms with Gasteiger partial charge in [0, 0.05) is 22.7 Å². The van der Waals surface area contributed by atoms with E-state index in [2.05, 4.69) is 19.9 Å². The zero-order valence-corrected chi connectivity index (χ0v) is 12.0. The molecule has 0 spiro atoms. The maximum Gasteiger partial charge on any atom is 0.277 e. The number of halogens is 1. The van der Waals surface area contributed by atoms with Gasteiger partial charge >= 0.3 is 0 Å². The summed E-state index contributed by atoms with van der Waals surface area (Å²) in [7, 11) is 0. The third-order valence-electron chi connectivity index (χ3n) is 3.63. The molecule has 0 aliphatic heterocycles. The molecule has 8 heteroatoms. The maximum absolute atomic E-state index is 14.1. The van der Waals surface area contributed by atoms with E-state index in [0.29, 0.717) is 28.6 Å². The Morgan fingerprint density at radius 3 is 3.05 bits per heavy atom. The van der Waals surface area contributed by atoms with Crippen molar-refractivity contribution in [2.45, 2.75) is 6.54 Å². The first-order valence-corrected chi connectivity index (χ1v) is 6.96. The zero-order valence-electron chi connectivity index (χ0n) is 11.2. The second-order valence-electron chi connectivity index (χ2n) is 4.92. The minimum Gasteiger partial charge on any atom is -0.361 e. The smallest absolute Gasteiger partial charge is 0.277 e. The Balaban J connectivity index is 1.96. The van der Waals surface area contributed by atoms with Gasteiger partial charge in [0.05, 0.1) is 12.9 Å². The van der Waals surface area contributed by atoms with Crippen LogP contribution in [0.3, 0.4) is 0 Å². The van der Waals surface area contributed by atoms with Crippen LogP contribution in [-0.2, 0) is 6.54 Å². The number of benzene rings is 1. The van der Waals surface area contributed by atoms with E-state index in [1.165, 1.54) is 12.4 Å². The Morgan fingerprint density at radius 2 is 2.18 bits per heavy atom. The van der Waals surface area contributed by atoms with E-state index in [-0.39, 0.29) is 16.1 Å². The Hall–Kier alpha value is -2.74. The van der Waals surface area contributed by atoms with E-state index in [9.17, 15) is 9.18 Å². The van der Waals surface area contributed by atoms with Crippen LogP contribution in [0.25, 0.3) is 22.1 Å². The minimum absolute atomic E-state index is 0.246. The summed E-state index contributed by atoms with van der Waals surface area (Å²) in [5, 5.41) is 0.513. The molecule has 22 heavy (non-hydrogen) atoms. The maximum atomic E-state index is 14.1. The monoisotopic (exact) mass is 315 g/mol. The minimum atomic E-state index is -0.321. The predicted molar refractivity (Wildman–Crippen MR) is 82.9 cm³/mol. The van der Waals surface area contributed by atoms with Crippen LogP contribution in [0.2, 0.25) is 0 Å². The third kappa shape index (κ3) is 1.81. The zero-order chi connectivity index (χ0) is 15.3. The van der Waals surface area contributed by atoms with E-state index < -0.39 is 0 Å². The molecule has 1 aromatic carbocycles. The van der Waals surface area contributed by atoms with Gasteiger partial charge in [-0.25, -0.2) is 9.37 Å². The molecule has 0 aliphatic rings. The van der Waals surface area contributed by atoms with Crippen LogP contribution < -0.4 is 5.56 Å². The Kier molecular flexibility index (Phi) is 2.73. The van der Waals surface area contributed by atoms with Crippen molar-refractivity contribution in [1.29, 1.82) is 0 Å². The van der Waals surface area contributed by atoms with Crippen molar-refractivity contribution in [2.75, 3.05) is 0 Å². The van der Waals surface area contributed by atoms with Crippen molar-refractivity contribution in [2.24, 2.45) is 0 Å². The molecule has 3 N–H and O–H groups in total. The molecule has 4 aromatic rings. The van der Waals surface area contributed by atoms with Gasteiger partial charge in [-0.05, 0) is 24.4 Å². The molecule has 0 radical (unpaired) electrons. The van der Waals surface area contributed by atoms with Crippen molar-refractivity contribution in [3.8, 4) is 0 Å². The molecule has 110 valence electrons. The standard InChI is InChI=1S/C14H10FN5OS/c15-8-2-1-3-9-10(8)7(4-16-9)5-20-12-11(17-6-18-12)13(21)19-14(20)22/h1-4,6,16H,5H2,(H,17,18)(H,19,21,22). The van der Waals surface area contributed by atoms with Crippen molar-refractivity contribution < 1.29 is 4.39 Å². The molecule has 0 fully saturated rings. The molecule has 6 nitrogen and oxygen atoms in total. The summed E-state index contributed by atoms with van der Waals surface area (Å²) in [6.45, 7) is 0.303. The highest BCUT2D eigenvalue weighted by atomic mass is 32.1. The summed E-state index contributed by atoms with van der Waals surface area (Å²) in [4.78, 5) is 24.4. The lowest BCUT2D eigenvalue weighted by atomic mass is 10.1. The van der Waals surface area contributed by atoms with Crippen LogP contribution >= 0.6 is 12.2 Å². The number of H-pyrrole nitrogens is 3. The number of nitrogens with one attached hydrogen (secondary N) is 3. The number of nitrogens with zero attached hydrogens (tertiary/aromatic N) is 2. The average Bonchev–Trinajstić information content (AvgIpc) is 3.11. The highest BCUT2D eigenvalue weighted by molar-refractivity contribution is 7.71. The molecule has 0 atom stereocenters. The molecule has 3 heterocycles. The second-order valence-corrected chi connectivity index (χ2v) is 5.31. The largest absolute Gasteiger partial charge is 0.361 e. The summed E-state index contributed by atoms with van der Waals surface area (Å²) in [5.74, 6) is -0.303. The fraction of sp³-hybridized carbons (Fsp3) is 0.0714. The van der Waals surface area contributed by atoms with Gasteiger partial charge in [-0.2, -0.15) is 0 Å². The molecule has 4 rings (SSSR count). The number of aromatic nitrogens is 5. The number of aromatic amines is 3. The van der Waals surface area contributed by atoms with Gasteiger partial charge in [0.2, 0.25) is 0 Å². The molecule has 0 aliphatic carbocycles. The van der Waals surface area contributed by atoms with Crippen LogP contribution in [0.15, 0.2) is 35.5 Å². The summed E-state index contributed by atoms with van der Waals surface area (Å²) in [6.07, 6.45) is 3.17. The Labute approximate surface area is 127 Å². The van der Waals surface area contributed by atoms with E-state index in [0.717, 1.165) is 5.56 Å². The summed E-state index contributed by atoms with van der Waals surface area (Å²) < 4.78 is 16.0. The van der Waals surface area contributed by atoms with Gasteiger partial charge in [0.1, 0.15) is 11.3 Å². The first-order valence-electron chi connectivity index (χ1n) is 6.56. The van der Waals surface area contributed by atoms with Crippen LogP contribution in [0.5, 0.6) is 0 Å². The van der Waals surface area contributed by atoms with E-state index >= 15 is 0 Å². The highest BCUT2D eigenvalue weighted by Gasteiger charge is 2.12. The molecular weight excluding hydrogens is 305 g/mol. The van der Waals surface area contributed by atoms with Crippen LogP contribution in [0.1, 0.15) is 5.56 Å².